The lowest BCUT2D eigenvalue weighted by Crippen LogP contribution is -2.22. The van der Waals surface area contributed by atoms with Gasteiger partial charge >= 0.3 is 0 Å². The molecule has 2 unspecified atom stereocenters. The van der Waals surface area contributed by atoms with Crippen molar-refractivity contribution in [3.63, 3.8) is 0 Å². The Kier molecular flexibility index (Phi) is 7.20. The first-order chi connectivity index (χ1) is 10.3. The van der Waals surface area contributed by atoms with E-state index in [2.05, 4.69) is 43.4 Å². The number of ether oxygens (including phenoxy) is 2. The van der Waals surface area contributed by atoms with Gasteiger partial charge in [-0.1, -0.05) is 31.2 Å². The topological polar surface area (TPSA) is 30.5 Å². The molecule has 1 aliphatic heterocycles. The van der Waals surface area contributed by atoms with Crippen molar-refractivity contribution in [2.24, 2.45) is 0 Å². The molecule has 1 N–H and O–H groups in total. The van der Waals surface area contributed by atoms with Crippen LogP contribution in [0.25, 0.3) is 0 Å². The molecule has 3 nitrogen and oxygen atoms in total. The van der Waals surface area contributed by atoms with Crippen LogP contribution in [-0.4, -0.2) is 32.5 Å². The van der Waals surface area contributed by atoms with Crippen LogP contribution in [0, 0.1) is 0 Å². The van der Waals surface area contributed by atoms with Gasteiger partial charge < -0.3 is 14.8 Å². The minimum absolute atomic E-state index is 0.342. The van der Waals surface area contributed by atoms with Crippen molar-refractivity contribution in [2.75, 3.05) is 26.4 Å². The van der Waals surface area contributed by atoms with E-state index in [1.54, 1.807) is 0 Å². The average molecular weight is 291 g/mol. The van der Waals surface area contributed by atoms with Gasteiger partial charge in [-0.2, -0.15) is 0 Å². The van der Waals surface area contributed by atoms with Crippen molar-refractivity contribution < 1.29 is 9.47 Å². The molecular weight excluding hydrogens is 262 g/mol. The number of nitrogens with one attached hydrogen (secondary N) is 1. The van der Waals surface area contributed by atoms with Crippen LogP contribution >= 0.6 is 0 Å². The average Bonchev–Trinajstić information content (AvgIpc) is 3.04. The lowest BCUT2D eigenvalue weighted by Gasteiger charge is -2.15. The predicted molar refractivity (Wildman–Crippen MR) is 86.6 cm³/mol. The molecule has 0 amide bonds. The van der Waals surface area contributed by atoms with E-state index in [4.69, 9.17) is 9.47 Å². The van der Waals surface area contributed by atoms with Crippen LogP contribution in [0.5, 0.6) is 0 Å². The van der Waals surface area contributed by atoms with Crippen molar-refractivity contribution in [3.8, 4) is 0 Å². The van der Waals surface area contributed by atoms with Gasteiger partial charge in [0.1, 0.15) is 0 Å². The van der Waals surface area contributed by atoms with Gasteiger partial charge in [0.25, 0.3) is 0 Å². The highest BCUT2D eigenvalue weighted by molar-refractivity contribution is 5.24. The second kappa shape index (κ2) is 9.19. The van der Waals surface area contributed by atoms with E-state index >= 15 is 0 Å². The maximum Gasteiger partial charge on any atom is 0.0809 e. The summed E-state index contributed by atoms with van der Waals surface area (Å²) in [6, 6.07) is 9.29. The number of hydrogen-bond acceptors (Lipinski definition) is 3. The number of rotatable bonds is 9. The Morgan fingerprint density at radius 2 is 2.14 bits per heavy atom. The summed E-state index contributed by atoms with van der Waals surface area (Å²) in [7, 11) is 0. The normalized spacial score (nSPS) is 19.8. The summed E-state index contributed by atoms with van der Waals surface area (Å²) in [4.78, 5) is 0. The molecule has 1 aromatic rings. The summed E-state index contributed by atoms with van der Waals surface area (Å²) in [5, 5.41) is 3.55. The predicted octanol–water partition coefficient (Wildman–Crippen LogP) is 3.49. The minimum Gasteiger partial charge on any atom is -0.379 e. The first kappa shape index (κ1) is 16.5. The van der Waals surface area contributed by atoms with Crippen LogP contribution in [0.2, 0.25) is 0 Å². The molecule has 0 radical (unpaired) electrons. The molecule has 1 saturated heterocycles. The molecule has 1 aromatic carbocycles. The maximum atomic E-state index is 5.67. The summed E-state index contributed by atoms with van der Waals surface area (Å²) < 4.78 is 11.2. The fourth-order valence-electron chi connectivity index (χ4n) is 2.64. The lowest BCUT2D eigenvalue weighted by molar-refractivity contribution is 0.0165. The molecule has 1 heterocycles. The van der Waals surface area contributed by atoms with E-state index in [-0.39, 0.29) is 0 Å². The summed E-state index contributed by atoms with van der Waals surface area (Å²) in [6.45, 7) is 7.87. The van der Waals surface area contributed by atoms with Crippen LogP contribution in [0.1, 0.15) is 50.3 Å². The molecule has 0 saturated carbocycles. The zero-order valence-corrected chi connectivity index (χ0v) is 13.4. The molecule has 1 aliphatic rings. The summed E-state index contributed by atoms with van der Waals surface area (Å²) >= 11 is 0. The minimum atomic E-state index is 0.342. The number of hydrogen-bond donors (Lipinski definition) is 1. The molecular formula is C18H29NO2. The second-order valence-electron chi connectivity index (χ2n) is 5.83. The van der Waals surface area contributed by atoms with E-state index in [0.717, 1.165) is 45.6 Å². The highest BCUT2D eigenvalue weighted by Gasteiger charge is 2.14. The van der Waals surface area contributed by atoms with Gasteiger partial charge in [-0.05, 0) is 50.3 Å². The molecule has 0 bridgehead atoms. The van der Waals surface area contributed by atoms with Crippen LogP contribution in [0.4, 0.5) is 0 Å². The standard InChI is InChI=1S/C18H29NO2/c1-3-16-7-9-17(10-8-16)15(2)19-11-5-12-20-14-18-6-4-13-21-18/h7-10,15,18-19H,3-6,11-14H2,1-2H3. The van der Waals surface area contributed by atoms with Gasteiger partial charge in [0, 0.05) is 19.3 Å². The maximum absolute atomic E-state index is 5.67. The van der Waals surface area contributed by atoms with Gasteiger partial charge in [-0.3, -0.25) is 0 Å². The zero-order valence-electron chi connectivity index (χ0n) is 13.4. The van der Waals surface area contributed by atoms with E-state index in [9.17, 15) is 0 Å². The first-order valence-electron chi connectivity index (χ1n) is 8.31. The highest BCUT2D eigenvalue weighted by Crippen LogP contribution is 2.14. The first-order valence-corrected chi connectivity index (χ1v) is 8.31. The largest absolute Gasteiger partial charge is 0.379 e. The fraction of sp³-hybridized carbons (Fsp3) is 0.667. The van der Waals surface area contributed by atoms with Crippen molar-refractivity contribution in [1.29, 1.82) is 0 Å². The van der Waals surface area contributed by atoms with Crippen LogP contribution in [0.15, 0.2) is 24.3 Å². The molecule has 2 rings (SSSR count). The molecule has 1 fully saturated rings. The van der Waals surface area contributed by atoms with Crippen molar-refractivity contribution in [2.45, 2.75) is 51.7 Å². The molecule has 0 aliphatic carbocycles. The Balaban J connectivity index is 1.54. The number of aryl methyl sites for hydroxylation is 1. The molecule has 118 valence electrons. The molecule has 0 aromatic heterocycles. The molecule has 0 spiro atoms. The third-order valence-electron chi connectivity index (χ3n) is 4.13. The van der Waals surface area contributed by atoms with E-state index in [0.29, 0.717) is 12.1 Å². The Labute approximate surface area is 129 Å². The summed E-state index contributed by atoms with van der Waals surface area (Å²) in [5.74, 6) is 0. The summed E-state index contributed by atoms with van der Waals surface area (Å²) in [5.41, 5.74) is 2.75. The van der Waals surface area contributed by atoms with Crippen LogP contribution < -0.4 is 5.32 Å². The van der Waals surface area contributed by atoms with Crippen molar-refractivity contribution >= 4 is 0 Å². The molecule has 21 heavy (non-hydrogen) atoms. The van der Waals surface area contributed by atoms with Gasteiger partial charge in [0.2, 0.25) is 0 Å². The Morgan fingerprint density at radius 3 is 2.81 bits per heavy atom. The summed E-state index contributed by atoms with van der Waals surface area (Å²) in [6.07, 6.45) is 4.83. The fourth-order valence-corrected chi connectivity index (χ4v) is 2.64. The van der Waals surface area contributed by atoms with E-state index in [1.165, 1.54) is 17.5 Å². The van der Waals surface area contributed by atoms with Crippen LogP contribution in [-0.2, 0) is 15.9 Å². The monoisotopic (exact) mass is 291 g/mol. The quantitative estimate of drug-likeness (QED) is 0.707. The van der Waals surface area contributed by atoms with Crippen molar-refractivity contribution in [3.05, 3.63) is 35.4 Å². The zero-order chi connectivity index (χ0) is 14.9. The van der Waals surface area contributed by atoms with Gasteiger partial charge in [0.05, 0.1) is 12.7 Å². The third kappa shape index (κ3) is 5.77. The van der Waals surface area contributed by atoms with Gasteiger partial charge in [-0.25, -0.2) is 0 Å². The van der Waals surface area contributed by atoms with Gasteiger partial charge in [0.15, 0.2) is 0 Å². The highest BCUT2D eigenvalue weighted by atomic mass is 16.5. The van der Waals surface area contributed by atoms with E-state index < -0.39 is 0 Å². The Morgan fingerprint density at radius 1 is 1.33 bits per heavy atom. The number of benzene rings is 1. The third-order valence-corrected chi connectivity index (χ3v) is 4.13. The van der Waals surface area contributed by atoms with Crippen LogP contribution in [0.3, 0.4) is 0 Å². The molecule has 2 atom stereocenters. The lowest BCUT2D eigenvalue weighted by atomic mass is 10.1. The Bertz CT molecular complexity index is 385. The smallest absolute Gasteiger partial charge is 0.0809 e. The Hall–Kier alpha value is -0.900. The second-order valence-corrected chi connectivity index (χ2v) is 5.83. The van der Waals surface area contributed by atoms with E-state index in [1.807, 2.05) is 0 Å². The molecule has 3 heteroatoms. The van der Waals surface area contributed by atoms with Crippen molar-refractivity contribution in [1.82, 2.24) is 5.32 Å². The van der Waals surface area contributed by atoms with Gasteiger partial charge in [-0.15, -0.1) is 0 Å². The SMILES string of the molecule is CCc1ccc(C(C)NCCCOCC2CCCO2)cc1.